The summed E-state index contributed by atoms with van der Waals surface area (Å²) in [4.78, 5) is 26.5. The summed E-state index contributed by atoms with van der Waals surface area (Å²) >= 11 is 0. The Morgan fingerprint density at radius 3 is 2.39 bits per heavy atom. The predicted molar refractivity (Wildman–Crippen MR) is 97.3 cm³/mol. The molecule has 1 heterocycles. The van der Waals surface area contributed by atoms with Crippen LogP contribution in [0, 0.1) is 23.0 Å². The summed E-state index contributed by atoms with van der Waals surface area (Å²) in [6, 6.07) is 9.74. The fourth-order valence-electron chi connectivity index (χ4n) is 3.00. The van der Waals surface area contributed by atoms with Crippen LogP contribution in [0.2, 0.25) is 0 Å². The van der Waals surface area contributed by atoms with Gasteiger partial charge in [0.25, 0.3) is 5.91 Å². The van der Waals surface area contributed by atoms with Gasteiger partial charge >= 0.3 is 6.09 Å². The number of piperazine rings is 1. The molecule has 1 fully saturated rings. The second-order valence-corrected chi connectivity index (χ2v) is 6.15. The van der Waals surface area contributed by atoms with Crippen LogP contribution >= 0.6 is 0 Å². The summed E-state index contributed by atoms with van der Waals surface area (Å²) in [7, 11) is 0. The molecule has 1 aliphatic rings. The molecule has 0 atom stereocenters. The number of carbonyl (C=O) groups excluding carboxylic acids is 1. The van der Waals surface area contributed by atoms with Crippen molar-refractivity contribution in [3.63, 3.8) is 0 Å². The Labute approximate surface area is 159 Å². The van der Waals surface area contributed by atoms with Crippen LogP contribution in [0.1, 0.15) is 15.9 Å². The van der Waals surface area contributed by atoms with Crippen LogP contribution in [0.5, 0.6) is 0 Å². The van der Waals surface area contributed by atoms with Crippen molar-refractivity contribution in [1.82, 2.24) is 4.90 Å². The highest BCUT2D eigenvalue weighted by atomic mass is 19.2. The monoisotopic (exact) mass is 386 g/mol. The Hall–Kier alpha value is -3.67. The first kappa shape index (κ1) is 19.1. The van der Waals surface area contributed by atoms with Crippen molar-refractivity contribution in [2.45, 2.75) is 0 Å². The van der Waals surface area contributed by atoms with Gasteiger partial charge in [0.2, 0.25) is 0 Å². The molecule has 2 aromatic carbocycles. The maximum absolute atomic E-state index is 13.4. The number of nitrogens with zero attached hydrogens (tertiary/aromatic N) is 3. The van der Waals surface area contributed by atoms with Gasteiger partial charge in [-0.2, -0.15) is 5.26 Å². The fraction of sp³-hybridized carbons (Fsp3) is 0.211. The number of nitriles is 1. The van der Waals surface area contributed by atoms with E-state index in [-0.39, 0.29) is 16.8 Å². The fourth-order valence-corrected chi connectivity index (χ4v) is 3.00. The lowest BCUT2D eigenvalue weighted by atomic mass is 10.1. The average molecular weight is 386 g/mol. The number of anilines is 2. The molecule has 0 spiro atoms. The van der Waals surface area contributed by atoms with Gasteiger partial charge in [-0.25, -0.2) is 13.6 Å². The lowest BCUT2D eigenvalue weighted by Gasteiger charge is -2.35. The molecule has 1 saturated heterocycles. The second-order valence-electron chi connectivity index (χ2n) is 6.15. The Morgan fingerprint density at radius 2 is 1.79 bits per heavy atom. The zero-order chi connectivity index (χ0) is 20.3. The number of rotatable bonds is 3. The highest BCUT2D eigenvalue weighted by Crippen LogP contribution is 2.28. The van der Waals surface area contributed by atoms with E-state index in [9.17, 15) is 23.6 Å². The first-order chi connectivity index (χ1) is 13.4. The third kappa shape index (κ3) is 3.86. The summed E-state index contributed by atoms with van der Waals surface area (Å²) in [5.74, 6) is -2.88. The van der Waals surface area contributed by atoms with E-state index in [1.807, 2.05) is 4.90 Å². The van der Waals surface area contributed by atoms with Crippen LogP contribution in [0.25, 0.3) is 0 Å². The van der Waals surface area contributed by atoms with Crippen LogP contribution in [0.3, 0.4) is 0 Å². The van der Waals surface area contributed by atoms with Crippen molar-refractivity contribution in [1.29, 1.82) is 5.26 Å². The molecule has 9 heteroatoms. The highest BCUT2D eigenvalue weighted by Gasteiger charge is 2.23. The van der Waals surface area contributed by atoms with Gasteiger partial charge in [0.1, 0.15) is 6.07 Å². The summed E-state index contributed by atoms with van der Waals surface area (Å²) in [6.45, 7) is 1.40. The minimum absolute atomic E-state index is 0.0803. The van der Waals surface area contributed by atoms with Gasteiger partial charge in [-0.05, 0) is 30.3 Å². The van der Waals surface area contributed by atoms with Crippen LogP contribution in [-0.2, 0) is 0 Å². The largest absolute Gasteiger partial charge is 0.465 e. The van der Waals surface area contributed by atoms with E-state index in [0.29, 0.717) is 31.9 Å². The number of nitrogens with one attached hydrogen (secondary N) is 1. The predicted octanol–water partition coefficient (Wildman–Crippen LogP) is 2.89. The summed E-state index contributed by atoms with van der Waals surface area (Å²) < 4.78 is 26.4. The van der Waals surface area contributed by atoms with E-state index in [4.69, 9.17) is 5.11 Å². The molecular formula is C19H16F2N4O3. The smallest absolute Gasteiger partial charge is 0.407 e. The molecule has 1 aliphatic heterocycles. The first-order valence-corrected chi connectivity index (χ1v) is 8.43. The maximum atomic E-state index is 13.4. The van der Waals surface area contributed by atoms with Gasteiger partial charge in [0.15, 0.2) is 11.6 Å². The van der Waals surface area contributed by atoms with Crippen LogP contribution < -0.4 is 10.2 Å². The molecule has 0 radical (unpaired) electrons. The summed E-state index contributed by atoms with van der Waals surface area (Å²) in [5.41, 5.74) is 0.927. The summed E-state index contributed by atoms with van der Waals surface area (Å²) in [5, 5.41) is 21.2. The van der Waals surface area contributed by atoms with Gasteiger partial charge < -0.3 is 20.2 Å². The average Bonchev–Trinajstić information content (AvgIpc) is 2.69. The zero-order valence-electron chi connectivity index (χ0n) is 14.7. The van der Waals surface area contributed by atoms with Gasteiger partial charge in [-0.3, -0.25) is 4.79 Å². The topological polar surface area (TPSA) is 96.7 Å². The molecule has 0 bridgehead atoms. The molecule has 0 unspecified atom stereocenters. The first-order valence-electron chi connectivity index (χ1n) is 8.43. The third-order valence-corrected chi connectivity index (χ3v) is 4.48. The van der Waals surface area contributed by atoms with E-state index >= 15 is 0 Å². The Morgan fingerprint density at radius 1 is 1.07 bits per heavy atom. The highest BCUT2D eigenvalue weighted by molar-refractivity contribution is 6.05. The minimum atomic E-state index is -1.14. The van der Waals surface area contributed by atoms with E-state index < -0.39 is 23.6 Å². The van der Waals surface area contributed by atoms with Crippen molar-refractivity contribution in [3.05, 3.63) is 59.2 Å². The zero-order valence-corrected chi connectivity index (χ0v) is 14.7. The molecule has 0 saturated carbocycles. The molecule has 0 aliphatic carbocycles. The molecule has 0 aromatic heterocycles. The molecule has 2 aromatic rings. The number of carbonyl (C=O) groups is 2. The number of hydrogen-bond donors (Lipinski definition) is 2. The molecule has 144 valence electrons. The van der Waals surface area contributed by atoms with Crippen LogP contribution in [0.4, 0.5) is 25.0 Å². The number of amides is 2. The SMILES string of the molecule is N#Cc1c(NC(=O)c2ccc(F)c(F)c2)cccc1N1CCN(C(=O)O)CC1. The number of carboxylic acid groups (broad SMARTS) is 1. The van der Waals surface area contributed by atoms with Crippen molar-refractivity contribution < 1.29 is 23.5 Å². The second kappa shape index (κ2) is 7.92. The van der Waals surface area contributed by atoms with Crippen molar-refractivity contribution >= 4 is 23.4 Å². The Bertz CT molecular complexity index is 966. The van der Waals surface area contributed by atoms with Gasteiger partial charge in [0.05, 0.1) is 16.9 Å². The van der Waals surface area contributed by atoms with E-state index in [2.05, 4.69) is 11.4 Å². The van der Waals surface area contributed by atoms with Crippen molar-refractivity contribution in [3.8, 4) is 6.07 Å². The molecule has 7 nitrogen and oxygen atoms in total. The van der Waals surface area contributed by atoms with E-state index in [1.54, 1.807) is 12.1 Å². The lowest BCUT2D eigenvalue weighted by molar-refractivity contribution is 0.102. The summed E-state index contributed by atoms with van der Waals surface area (Å²) in [6.07, 6.45) is -0.993. The molecule has 2 N–H and O–H groups in total. The third-order valence-electron chi connectivity index (χ3n) is 4.48. The van der Waals surface area contributed by atoms with E-state index in [1.165, 1.54) is 11.0 Å². The lowest BCUT2D eigenvalue weighted by Crippen LogP contribution is -2.48. The molecule has 3 rings (SSSR count). The van der Waals surface area contributed by atoms with E-state index in [0.717, 1.165) is 18.2 Å². The van der Waals surface area contributed by atoms with Crippen molar-refractivity contribution in [2.24, 2.45) is 0 Å². The quantitative estimate of drug-likeness (QED) is 0.846. The normalized spacial score (nSPS) is 13.8. The molecule has 28 heavy (non-hydrogen) atoms. The Balaban J connectivity index is 1.82. The standard InChI is InChI=1S/C19H16F2N4O3/c20-14-5-4-12(10-15(14)21)18(26)23-16-2-1-3-17(13(16)11-22)24-6-8-25(9-7-24)19(27)28/h1-5,10H,6-9H2,(H,23,26)(H,27,28). The van der Waals surface area contributed by atoms with Crippen LogP contribution in [0.15, 0.2) is 36.4 Å². The van der Waals surface area contributed by atoms with Gasteiger partial charge in [-0.1, -0.05) is 6.07 Å². The minimum Gasteiger partial charge on any atom is -0.465 e. The molecular weight excluding hydrogens is 370 g/mol. The van der Waals surface area contributed by atoms with Crippen molar-refractivity contribution in [2.75, 3.05) is 36.4 Å². The number of benzene rings is 2. The Kier molecular flexibility index (Phi) is 5.40. The molecule has 2 amide bonds. The van der Waals surface area contributed by atoms with Gasteiger partial charge in [0, 0.05) is 31.7 Å². The number of halogens is 2. The maximum Gasteiger partial charge on any atom is 0.407 e. The van der Waals surface area contributed by atoms with Gasteiger partial charge in [-0.15, -0.1) is 0 Å². The van der Waals surface area contributed by atoms with Crippen LogP contribution in [-0.4, -0.2) is 48.2 Å². The number of hydrogen-bond acceptors (Lipinski definition) is 4.